The standard InChI is InChI=1S/C19H25N3O3/c1-2-17-16(19(25)20-12-8-4-7-11-18(23)24)13-21-22(17)14-15-9-5-3-6-10-15/h3,5-6,9-10,13H,2,4,7-8,11-12,14H2,1H3,(H,20,25)(H,23,24). The van der Waals surface area contributed by atoms with Crippen LogP contribution in [0.5, 0.6) is 0 Å². The van der Waals surface area contributed by atoms with Crippen LogP contribution in [0.2, 0.25) is 0 Å². The number of hydrogen-bond donors (Lipinski definition) is 2. The van der Waals surface area contributed by atoms with Gasteiger partial charge < -0.3 is 10.4 Å². The van der Waals surface area contributed by atoms with Crippen molar-refractivity contribution in [3.8, 4) is 0 Å². The Bertz CT molecular complexity index is 695. The van der Waals surface area contributed by atoms with Crippen molar-refractivity contribution in [3.05, 3.63) is 53.3 Å². The van der Waals surface area contributed by atoms with E-state index in [4.69, 9.17) is 5.11 Å². The van der Waals surface area contributed by atoms with Gasteiger partial charge in [0.05, 0.1) is 24.0 Å². The minimum atomic E-state index is -0.776. The molecule has 0 aliphatic rings. The van der Waals surface area contributed by atoms with E-state index in [2.05, 4.69) is 10.4 Å². The molecule has 1 aromatic heterocycles. The van der Waals surface area contributed by atoms with Crippen LogP contribution in [0.3, 0.4) is 0 Å². The Kier molecular flexibility index (Phi) is 7.19. The Labute approximate surface area is 147 Å². The molecule has 0 aliphatic carbocycles. The number of rotatable bonds is 10. The topological polar surface area (TPSA) is 84.2 Å². The van der Waals surface area contributed by atoms with E-state index >= 15 is 0 Å². The maximum atomic E-state index is 12.4. The van der Waals surface area contributed by atoms with Gasteiger partial charge in [0, 0.05) is 13.0 Å². The summed E-state index contributed by atoms with van der Waals surface area (Å²) in [6.45, 7) is 3.21. The fourth-order valence-corrected chi connectivity index (χ4v) is 2.74. The minimum Gasteiger partial charge on any atom is -0.481 e. The molecule has 6 heteroatoms. The predicted molar refractivity (Wildman–Crippen MR) is 95.6 cm³/mol. The summed E-state index contributed by atoms with van der Waals surface area (Å²) < 4.78 is 1.87. The molecule has 0 unspecified atom stereocenters. The summed E-state index contributed by atoms with van der Waals surface area (Å²) in [6, 6.07) is 10.0. The van der Waals surface area contributed by atoms with Crippen molar-refractivity contribution in [2.45, 2.75) is 45.6 Å². The average molecular weight is 343 g/mol. The molecule has 25 heavy (non-hydrogen) atoms. The van der Waals surface area contributed by atoms with Crippen LogP contribution in [0.4, 0.5) is 0 Å². The predicted octanol–water partition coefficient (Wildman–Crippen LogP) is 2.87. The first kappa shape index (κ1) is 18.7. The van der Waals surface area contributed by atoms with Crippen molar-refractivity contribution < 1.29 is 14.7 Å². The molecule has 0 saturated heterocycles. The van der Waals surface area contributed by atoms with Crippen LogP contribution in [-0.2, 0) is 17.8 Å². The number of carbonyl (C=O) groups is 2. The molecule has 6 nitrogen and oxygen atoms in total. The summed E-state index contributed by atoms with van der Waals surface area (Å²) >= 11 is 0. The van der Waals surface area contributed by atoms with Crippen LogP contribution in [0.1, 0.15) is 54.2 Å². The Morgan fingerprint density at radius 1 is 1.16 bits per heavy atom. The van der Waals surface area contributed by atoms with Crippen molar-refractivity contribution in [2.24, 2.45) is 0 Å². The Hall–Kier alpha value is -2.63. The lowest BCUT2D eigenvalue weighted by Crippen LogP contribution is -2.25. The molecule has 0 aliphatic heterocycles. The number of unbranched alkanes of at least 4 members (excludes halogenated alkanes) is 2. The Balaban J connectivity index is 1.88. The van der Waals surface area contributed by atoms with Crippen molar-refractivity contribution in [1.82, 2.24) is 15.1 Å². The molecule has 0 spiro atoms. The van der Waals surface area contributed by atoms with Gasteiger partial charge >= 0.3 is 5.97 Å². The van der Waals surface area contributed by atoms with Gasteiger partial charge in [0.25, 0.3) is 5.91 Å². The second-order valence-electron chi connectivity index (χ2n) is 5.96. The van der Waals surface area contributed by atoms with Crippen molar-refractivity contribution in [1.29, 1.82) is 0 Å². The molecule has 1 amide bonds. The molecule has 0 saturated carbocycles. The molecule has 2 N–H and O–H groups in total. The highest BCUT2D eigenvalue weighted by Crippen LogP contribution is 2.12. The Morgan fingerprint density at radius 3 is 2.60 bits per heavy atom. The number of nitrogens with zero attached hydrogens (tertiary/aromatic N) is 2. The second-order valence-corrected chi connectivity index (χ2v) is 5.96. The van der Waals surface area contributed by atoms with Gasteiger partial charge in [0.1, 0.15) is 0 Å². The van der Waals surface area contributed by atoms with Crippen LogP contribution in [0.25, 0.3) is 0 Å². The number of nitrogens with one attached hydrogen (secondary N) is 1. The second kappa shape index (κ2) is 9.61. The molecule has 2 aromatic rings. The number of carbonyl (C=O) groups excluding carboxylic acids is 1. The minimum absolute atomic E-state index is 0.116. The molecule has 0 atom stereocenters. The monoisotopic (exact) mass is 343 g/mol. The lowest BCUT2D eigenvalue weighted by Gasteiger charge is -2.09. The number of benzene rings is 1. The summed E-state index contributed by atoms with van der Waals surface area (Å²) in [5.74, 6) is -0.892. The van der Waals surface area contributed by atoms with Gasteiger partial charge in [-0.25, -0.2) is 0 Å². The Morgan fingerprint density at radius 2 is 1.92 bits per heavy atom. The van der Waals surface area contributed by atoms with E-state index in [-0.39, 0.29) is 12.3 Å². The summed E-state index contributed by atoms with van der Waals surface area (Å²) in [6.07, 6.45) is 4.75. The van der Waals surface area contributed by atoms with Gasteiger partial charge in [-0.3, -0.25) is 14.3 Å². The van der Waals surface area contributed by atoms with Crippen LogP contribution >= 0.6 is 0 Å². The van der Waals surface area contributed by atoms with E-state index in [0.29, 0.717) is 25.1 Å². The summed E-state index contributed by atoms with van der Waals surface area (Å²) in [4.78, 5) is 22.8. The molecule has 2 rings (SSSR count). The van der Waals surface area contributed by atoms with E-state index in [1.54, 1.807) is 6.20 Å². The number of carboxylic acid groups (broad SMARTS) is 1. The van der Waals surface area contributed by atoms with Gasteiger partial charge in [0.15, 0.2) is 0 Å². The summed E-state index contributed by atoms with van der Waals surface area (Å²) in [5, 5.41) is 15.9. The molecule has 1 heterocycles. The average Bonchev–Trinajstić information content (AvgIpc) is 3.01. The van der Waals surface area contributed by atoms with Gasteiger partial charge in [-0.2, -0.15) is 5.10 Å². The number of aromatic nitrogens is 2. The summed E-state index contributed by atoms with van der Waals surface area (Å²) in [5.41, 5.74) is 2.68. The molecular weight excluding hydrogens is 318 g/mol. The first-order valence-corrected chi connectivity index (χ1v) is 8.70. The van der Waals surface area contributed by atoms with E-state index < -0.39 is 5.97 Å². The SMILES string of the molecule is CCc1c(C(=O)NCCCCCC(=O)O)cnn1Cc1ccccc1. The van der Waals surface area contributed by atoms with Crippen LogP contribution in [0.15, 0.2) is 36.5 Å². The third kappa shape index (κ3) is 5.74. The quantitative estimate of drug-likeness (QED) is 0.650. The van der Waals surface area contributed by atoms with Crippen LogP contribution < -0.4 is 5.32 Å². The maximum absolute atomic E-state index is 12.4. The first-order chi connectivity index (χ1) is 12.1. The van der Waals surface area contributed by atoms with Crippen LogP contribution in [0, 0.1) is 0 Å². The zero-order chi connectivity index (χ0) is 18.1. The highest BCUT2D eigenvalue weighted by Gasteiger charge is 2.15. The third-order valence-electron chi connectivity index (χ3n) is 4.06. The van der Waals surface area contributed by atoms with Gasteiger partial charge in [-0.15, -0.1) is 0 Å². The number of carboxylic acids is 1. The van der Waals surface area contributed by atoms with Gasteiger partial charge in [0.2, 0.25) is 0 Å². The molecule has 0 bridgehead atoms. The highest BCUT2D eigenvalue weighted by atomic mass is 16.4. The van der Waals surface area contributed by atoms with Gasteiger partial charge in [-0.1, -0.05) is 43.7 Å². The zero-order valence-electron chi connectivity index (χ0n) is 14.6. The highest BCUT2D eigenvalue weighted by molar-refractivity contribution is 5.95. The lowest BCUT2D eigenvalue weighted by molar-refractivity contribution is -0.137. The molecule has 134 valence electrons. The van der Waals surface area contributed by atoms with E-state index in [1.807, 2.05) is 41.9 Å². The van der Waals surface area contributed by atoms with E-state index in [0.717, 1.165) is 30.5 Å². The zero-order valence-corrected chi connectivity index (χ0v) is 14.6. The number of amides is 1. The van der Waals surface area contributed by atoms with Crippen LogP contribution in [-0.4, -0.2) is 33.3 Å². The first-order valence-electron chi connectivity index (χ1n) is 8.70. The summed E-state index contributed by atoms with van der Waals surface area (Å²) in [7, 11) is 0. The lowest BCUT2D eigenvalue weighted by atomic mass is 10.1. The van der Waals surface area contributed by atoms with Gasteiger partial charge in [-0.05, 0) is 24.8 Å². The normalized spacial score (nSPS) is 10.6. The van der Waals surface area contributed by atoms with E-state index in [1.165, 1.54) is 0 Å². The van der Waals surface area contributed by atoms with E-state index in [9.17, 15) is 9.59 Å². The van der Waals surface area contributed by atoms with Crippen molar-refractivity contribution >= 4 is 11.9 Å². The molecular formula is C19H25N3O3. The number of aliphatic carboxylic acids is 1. The van der Waals surface area contributed by atoms with Crippen molar-refractivity contribution in [2.75, 3.05) is 6.54 Å². The molecule has 1 aromatic carbocycles. The van der Waals surface area contributed by atoms with Crippen molar-refractivity contribution in [3.63, 3.8) is 0 Å². The molecule has 0 radical (unpaired) electrons. The fourth-order valence-electron chi connectivity index (χ4n) is 2.74. The smallest absolute Gasteiger partial charge is 0.303 e. The maximum Gasteiger partial charge on any atom is 0.303 e. The third-order valence-corrected chi connectivity index (χ3v) is 4.06. The molecule has 0 fully saturated rings. The number of hydrogen-bond acceptors (Lipinski definition) is 3. The fraction of sp³-hybridized carbons (Fsp3) is 0.421. The largest absolute Gasteiger partial charge is 0.481 e.